The molecule has 1 amide bonds. The highest BCUT2D eigenvalue weighted by atomic mass is 35.5. The minimum Gasteiger partial charge on any atom is -0.466 e. The van der Waals surface area contributed by atoms with Crippen LogP contribution in [-0.2, 0) is 9.53 Å². The zero-order chi connectivity index (χ0) is 18.0. The number of amides is 1. The molecule has 0 aliphatic heterocycles. The number of esters is 1. The van der Waals surface area contributed by atoms with Crippen LogP contribution in [0.1, 0.15) is 36.7 Å². The molecule has 1 fully saturated rings. The van der Waals surface area contributed by atoms with Crippen LogP contribution in [0.2, 0.25) is 5.02 Å². The van der Waals surface area contributed by atoms with Crippen molar-refractivity contribution in [2.45, 2.75) is 38.3 Å². The van der Waals surface area contributed by atoms with E-state index in [1.165, 1.54) is 0 Å². The third-order valence-corrected chi connectivity index (χ3v) is 4.90. The smallest absolute Gasteiger partial charge is 0.308 e. The fraction of sp³-hybridized carbons (Fsp3) is 0.444. The Hall–Kier alpha value is -2.05. The number of hydrogen-bond acceptors (Lipinski definition) is 4. The van der Waals surface area contributed by atoms with Gasteiger partial charge in [0.2, 0.25) is 0 Å². The molecule has 1 heterocycles. The molecule has 1 aromatic carbocycles. The minimum absolute atomic E-state index is 0.159. The third-order valence-electron chi connectivity index (χ3n) is 4.66. The topological polar surface area (TPSA) is 97.2 Å². The Morgan fingerprint density at radius 2 is 2.16 bits per heavy atom. The Bertz CT molecular complexity index is 789. The van der Waals surface area contributed by atoms with Crippen LogP contribution in [0.15, 0.2) is 24.3 Å². The second-order valence-corrected chi connectivity index (χ2v) is 6.86. The maximum atomic E-state index is 12.5. The van der Waals surface area contributed by atoms with Crippen LogP contribution in [0.25, 0.3) is 10.9 Å². The van der Waals surface area contributed by atoms with E-state index < -0.39 is 0 Å². The van der Waals surface area contributed by atoms with Crippen LogP contribution in [0, 0.1) is 5.92 Å². The van der Waals surface area contributed by atoms with E-state index in [-0.39, 0.29) is 29.9 Å². The molecule has 4 N–H and O–H groups in total. The fourth-order valence-corrected chi connectivity index (χ4v) is 3.51. The van der Waals surface area contributed by atoms with Crippen molar-refractivity contribution in [3.63, 3.8) is 0 Å². The number of ether oxygens (including phenoxy) is 1. The lowest BCUT2D eigenvalue weighted by Gasteiger charge is -2.33. The Kier molecular flexibility index (Phi) is 5.30. The molecular formula is C18H22ClN3O3. The highest BCUT2D eigenvalue weighted by molar-refractivity contribution is 6.31. The number of carbonyl (C=O) groups excluding carboxylic acids is 2. The number of rotatable bonds is 4. The van der Waals surface area contributed by atoms with E-state index in [1.54, 1.807) is 25.1 Å². The molecule has 2 unspecified atom stereocenters. The zero-order valence-corrected chi connectivity index (χ0v) is 14.8. The Morgan fingerprint density at radius 1 is 1.36 bits per heavy atom. The van der Waals surface area contributed by atoms with Crippen molar-refractivity contribution in [2.75, 3.05) is 6.61 Å². The molecule has 1 aliphatic rings. The number of carbonyl (C=O) groups is 2. The van der Waals surface area contributed by atoms with E-state index in [0.29, 0.717) is 36.6 Å². The first-order chi connectivity index (χ1) is 12.0. The zero-order valence-electron chi connectivity index (χ0n) is 14.0. The second kappa shape index (κ2) is 7.45. The molecule has 1 aliphatic carbocycles. The molecule has 3 rings (SSSR count). The molecule has 25 heavy (non-hydrogen) atoms. The highest BCUT2D eigenvalue weighted by Crippen LogP contribution is 2.25. The molecule has 3 atom stereocenters. The monoisotopic (exact) mass is 363 g/mol. The largest absolute Gasteiger partial charge is 0.466 e. The molecule has 0 bridgehead atoms. The lowest BCUT2D eigenvalue weighted by atomic mass is 9.82. The van der Waals surface area contributed by atoms with Gasteiger partial charge in [-0.15, -0.1) is 0 Å². The van der Waals surface area contributed by atoms with Gasteiger partial charge in [0.05, 0.1) is 12.5 Å². The first-order valence-corrected chi connectivity index (χ1v) is 8.87. The van der Waals surface area contributed by atoms with E-state index in [9.17, 15) is 9.59 Å². The number of H-pyrrole nitrogens is 1. The molecule has 0 saturated heterocycles. The summed E-state index contributed by atoms with van der Waals surface area (Å²) in [6, 6.07) is 6.76. The molecule has 7 heteroatoms. The molecular weight excluding hydrogens is 342 g/mol. The van der Waals surface area contributed by atoms with Crippen molar-refractivity contribution in [2.24, 2.45) is 11.7 Å². The Morgan fingerprint density at radius 3 is 2.88 bits per heavy atom. The van der Waals surface area contributed by atoms with E-state index >= 15 is 0 Å². The second-order valence-electron chi connectivity index (χ2n) is 6.42. The molecule has 0 spiro atoms. The van der Waals surface area contributed by atoms with Crippen molar-refractivity contribution in [1.29, 1.82) is 0 Å². The number of nitrogens with two attached hydrogens (primary N) is 1. The summed E-state index contributed by atoms with van der Waals surface area (Å²) in [5.41, 5.74) is 7.50. The summed E-state index contributed by atoms with van der Waals surface area (Å²) < 4.78 is 5.06. The summed E-state index contributed by atoms with van der Waals surface area (Å²) in [6.45, 7) is 2.16. The number of halogens is 1. The van der Waals surface area contributed by atoms with E-state index in [4.69, 9.17) is 22.1 Å². The lowest BCUT2D eigenvalue weighted by Crippen LogP contribution is -2.52. The summed E-state index contributed by atoms with van der Waals surface area (Å²) in [4.78, 5) is 27.4. The summed E-state index contributed by atoms with van der Waals surface area (Å²) in [7, 11) is 0. The van der Waals surface area contributed by atoms with Gasteiger partial charge in [0.25, 0.3) is 5.91 Å². The average Bonchev–Trinajstić information content (AvgIpc) is 3.00. The van der Waals surface area contributed by atoms with E-state index in [1.807, 2.05) is 6.07 Å². The summed E-state index contributed by atoms with van der Waals surface area (Å²) in [5.74, 6) is -0.587. The lowest BCUT2D eigenvalue weighted by molar-refractivity contribution is -0.149. The SMILES string of the molecule is CCOC(=O)[C@@H]1CCC(NC(=O)c2cc3cc(Cl)ccc3[nH]2)C(N)C1. The maximum Gasteiger partial charge on any atom is 0.308 e. The third kappa shape index (κ3) is 3.96. The predicted octanol–water partition coefficient (Wildman–Crippen LogP) is 2.61. The van der Waals surface area contributed by atoms with Gasteiger partial charge in [-0.2, -0.15) is 0 Å². The molecule has 0 radical (unpaired) electrons. The van der Waals surface area contributed by atoms with Gasteiger partial charge in [-0.1, -0.05) is 11.6 Å². The van der Waals surface area contributed by atoms with Crippen molar-refractivity contribution in [1.82, 2.24) is 10.3 Å². The van der Waals surface area contributed by atoms with Gasteiger partial charge >= 0.3 is 5.97 Å². The molecule has 1 aromatic heterocycles. The number of nitrogens with one attached hydrogen (secondary N) is 2. The van der Waals surface area contributed by atoms with Crippen LogP contribution >= 0.6 is 11.6 Å². The van der Waals surface area contributed by atoms with Gasteiger partial charge < -0.3 is 20.8 Å². The quantitative estimate of drug-likeness (QED) is 0.727. The van der Waals surface area contributed by atoms with Crippen LogP contribution in [0.4, 0.5) is 0 Å². The van der Waals surface area contributed by atoms with Crippen LogP contribution in [0.5, 0.6) is 0 Å². The van der Waals surface area contributed by atoms with Crippen LogP contribution in [0.3, 0.4) is 0 Å². The Labute approximate surface area is 151 Å². The number of aromatic nitrogens is 1. The maximum absolute atomic E-state index is 12.5. The van der Waals surface area contributed by atoms with Gasteiger partial charge in [-0.05, 0) is 50.5 Å². The van der Waals surface area contributed by atoms with E-state index in [2.05, 4.69) is 10.3 Å². The Balaban J connectivity index is 1.63. The van der Waals surface area contributed by atoms with Crippen molar-refractivity contribution >= 4 is 34.4 Å². The van der Waals surface area contributed by atoms with Gasteiger partial charge in [-0.25, -0.2) is 0 Å². The van der Waals surface area contributed by atoms with Gasteiger partial charge in [0, 0.05) is 28.0 Å². The van der Waals surface area contributed by atoms with Crippen molar-refractivity contribution in [3.8, 4) is 0 Å². The first-order valence-electron chi connectivity index (χ1n) is 8.49. The molecule has 1 saturated carbocycles. The molecule has 6 nitrogen and oxygen atoms in total. The van der Waals surface area contributed by atoms with Crippen LogP contribution in [-0.4, -0.2) is 35.6 Å². The predicted molar refractivity (Wildman–Crippen MR) is 96.5 cm³/mol. The normalized spacial score (nSPS) is 23.4. The van der Waals surface area contributed by atoms with Gasteiger partial charge in [0.15, 0.2) is 0 Å². The number of fused-ring (bicyclic) bond motifs is 1. The van der Waals surface area contributed by atoms with Crippen molar-refractivity contribution < 1.29 is 14.3 Å². The van der Waals surface area contributed by atoms with Gasteiger partial charge in [-0.3, -0.25) is 9.59 Å². The van der Waals surface area contributed by atoms with Crippen LogP contribution < -0.4 is 11.1 Å². The summed E-state index contributed by atoms with van der Waals surface area (Å²) in [5, 5.41) is 4.48. The minimum atomic E-state index is -0.272. The standard InChI is InChI=1S/C18H22ClN3O3/c1-2-25-18(24)10-3-5-15(13(20)8-10)22-17(23)16-9-11-7-12(19)4-6-14(11)21-16/h4,6-7,9-10,13,15,21H,2-3,5,8,20H2,1H3,(H,22,23)/t10-,13?,15?/m1/s1. The molecule has 134 valence electrons. The van der Waals surface area contributed by atoms with E-state index in [0.717, 1.165) is 10.9 Å². The number of hydrogen-bond donors (Lipinski definition) is 3. The summed E-state index contributed by atoms with van der Waals surface area (Å²) in [6.07, 6.45) is 1.84. The number of aromatic amines is 1. The highest BCUT2D eigenvalue weighted by Gasteiger charge is 2.33. The fourth-order valence-electron chi connectivity index (χ4n) is 3.33. The van der Waals surface area contributed by atoms with Gasteiger partial charge in [0.1, 0.15) is 5.69 Å². The average molecular weight is 364 g/mol. The summed E-state index contributed by atoms with van der Waals surface area (Å²) >= 11 is 5.98. The van der Waals surface area contributed by atoms with Crippen molar-refractivity contribution in [3.05, 3.63) is 35.0 Å². The number of benzene rings is 1. The molecule has 2 aromatic rings. The first kappa shape index (κ1) is 17.8.